The van der Waals surface area contributed by atoms with E-state index in [9.17, 15) is 37.1 Å². The van der Waals surface area contributed by atoms with Crippen molar-refractivity contribution in [2.45, 2.75) is 13.0 Å². The van der Waals surface area contributed by atoms with Gasteiger partial charge in [-0.05, 0) is 48.0 Å². The van der Waals surface area contributed by atoms with E-state index in [2.05, 4.69) is 10.00 Å². The molecule has 1 aliphatic rings. The number of aliphatic hydroxyl groups is 1. The van der Waals surface area contributed by atoms with Crippen LogP contribution in [0.1, 0.15) is 22.3 Å². The van der Waals surface area contributed by atoms with E-state index in [-0.39, 0.29) is 30.8 Å². The first-order valence-corrected chi connectivity index (χ1v) is 15.3. The molecule has 0 aliphatic carbocycles. The first-order valence-electron chi connectivity index (χ1n) is 15.3. The third-order valence-electron chi connectivity index (χ3n) is 8.23. The van der Waals surface area contributed by atoms with Crippen molar-refractivity contribution in [3.63, 3.8) is 0 Å². The Morgan fingerprint density at radius 1 is 0.837 bits per heavy atom. The molecule has 1 amide bonds. The number of hydrogen-bond acceptors (Lipinski definition) is 6. The molecule has 49 heavy (non-hydrogen) atoms. The largest absolute Gasteiger partial charge is 0.507 e. The summed E-state index contributed by atoms with van der Waals surface area (Å²) < 4.78 is 59.8. The molecular formula is C36H29F4N5O4. The fourth-order valence-corrected chi connectivity index (χ4v) is 5.68. The van der Waals surface area contributed by atoms with Gasteiger partial charge in [0, 0.05) is 86.2 Å². The highest BCUT2D eigenvalue weighted by molar-refractivity contribution is 6.41. The SMILES string of the molecule is O=C(/C=C(/O)c1cc(Cc2c(F)cc(F)cc2F)cn(Cc2ccccc2F)c1=O)C(=O)N1CCN(c2ccc(-n3cccn3)cc2)CC1. The molecule has 0 saturated carbocycles. The van der Waals surface area contributed by atoms with Crippen LogP contribution in [-0.2, 0) is 22.6 Å². The normalized spacial score (nSPS) is 13.5. The van der Waals surface area contributed by atoms with Crippen LogP contribution in [-0.4, -0.2) is 62.2 Å². The molecular weight excluding hydrogens is 642 g/mol. The van der Waals surface area contributed by atoms with Gasteiger partial charge in [0.05, 0.1) is 17.8 Å². The number of aromatic nitrogens is 3. The molecule has 1 fully saturated rings. The molecule has 6 rings (SSSR count). The topological polar surface area (TPSA) is 101 Å². The summed E-state index contributed by atoms with van der Waals surface area (Å²) in [4.78, 5) is 42.9. The van der Waals surface area contributed by atoms with Crippen molar-refractivity contribution in [1.29, 1.82) is 0 Å². The Balaban J connectivity index is 1.21. The van der Waals surface area contributed by atoms with E-state index in [1.807, 2.05) is 36.5 Å². The van der Waals surface area contributed by atoms with Gasteiger partial charge in [0.25, 0.3) is 11.5 Å². The quantitative estimate of drug-likeness (QED) is 0.102. The molecule has 0 atom stereocenters. The van der Waals surface area contributed by atoms with Crippen LogP contribution in [0.3, 0.4) is 0 Å². The molecule has 1 saturated heterocycles. The number of carbonyl (C=O) groups excluding carboxylic acids is 2. The molecule has 2 aromatic heterocycles. The zero-order valence-corrected chi connectivity index (χ0v) is 25.9. The highest BCUT2D eigenvalue weighted by Crippen LogP contribution is 2.22. The lowest BCUT2D eigenvalue weighted by Gasteiger charge is -2.35. The third kappa shape index (κ3) is 7.30. The second-order valence-electron chi connectivity index (χ2n) is 11.5. The number of piperazine rings is 1. The number of amides is 1. The minimum atomic E-state index is -1.17. The van der Waals surface area contributed by atoms with Gasteiger partial charge < -0.3 is 19.5 Å². The number of benzene rings is 3. The number of hydrogen-bond donors (Lipinski definition) is 1. The lowest BCUT2D eigenvalue weighted by molar-refractivity contribution is -0.142. The first-order chi connectivity index (χ1) is 23.6. The highest BCUT2D eigenvalue weighted by Gasteiger charge is 2.26. The number of pyridine rings is 1. The molecule has 9 nitrogen and oxygen atoms in total. The summed E-state index contributed by atoms with van der Waals surface area (Å²) in [5, 5.41) is 15.2. The Morgan fingerprint density at radius 2 is 1.51 bits per heavy atom. The number of rotatable bonds is 9. The van der Waals surface area contributed by atoms with Crippen LogP contribution in [0, 0.1) is 23.3 Å². The van der Waals surface area contributed by atoms with Crippen molar-refractivity contribution in [2.24, 2.45) is 0 Å². The van der Waals surface area contributed by atoms with E-state index >= 15 is 0 Å². The van der Waals surface area contributed by atoms with Crippen LogP contribution in [0.2, 0.25) is 0 Å². The number of halogens is 4. The van der Waals surface area contributed by atoms with Crippen molar-refractivity contribution in [3.05, 3.63) is 153 Å². The van der Waals surface area contributed by atoms with Crippen molar-refractivity contribution in [2.75, 3.05) is 31.1 Å². The maximum Gasteiger partial charge on any atom is 0.294 e. The zero-order chi connectivity index (χ0) is 34.7. The van der Waals surface area contributed by atoms with Gasteiger partial charge in [0.2, 0.25) is 5.78 Å². The van der Waals surface area contributed by atoms with Gasteiger partial charge in [0.15, 0.2) is 0 Å². The molecule has 3 heterocycles. The van der Waals surface area contributed by atoms with Crippen molar-refractivity contribution < 1.29 is 32.3 Å². The van der Waals surface area contributed by atoms with Gasteiger partial charge >= 0.3 is 0 Å². The predicted octanol–water partition coefficient (Wildman–Crippen LogP) is 5.05. The summed E-state index contributed by atoms with van der Waals surface area (Å²) in [7, 11) is 0. The van der Waals surface area contributed by atoms with Crippen LogP contribution >= 0.6 is 0 Å². The minimum Gasteiger partial charge on any atom is -0.507 e. The highest BCUT2D eigenvalue weighted by atomic mass is 19.1. The van der Waals surface area contributed by atoms with Gasteiger partial charge in [0.1, 0.15) is 29.0 Å². The molecule has 0 unspecified atom stereocenters. The molecule has 0 spiro atoms. The fraction of sp³-hybridized carbons (Fsp3) is 0.167. The van der Waals surface area contributed by atoms with E-state index in [4.69, 9.17) is 0 Å². The number of aliphatic hydroxyl groups excluding tert-OH is 1. The molecule has 13 heteroatoms. The lowest BCUT2D eigenvalue weighted by Crippen LogP contribution is -2.50. The maximum absolute atomic E-state index is 14.5. The van der Waals surface area contributed by atoms with E-state index in [1.54, 1.807) is 16.9 Å². The van der Waals surface area contributed by atoms with E-state index < -0.39 is 63.8 Å². The summed E-state index contributed by atoms with van der Waals surface area (Å²) in [6, 6.07) is 17.3. The Hall–Kier alpha value is -5.98. The first kappa shape index (κ1) is 32.9. The fourth-order valence-electron chi connectivity index (χ4n) is 5.68. The van der Waals surface area contributed by atoms with Gasteiger partial charge in [-0.2, -0.15) is 5.10 Å². The van der Waals surface area contributed by atoms with Crippen LogP contribution in [0.25, 0.3) is 11.4 Å². The number of ketones is 1. The average Bonchev–Trinajstić information content (AvgIpc) is 3.64. The average molecular weight is 672 g/mol. The van der Waals surface area contributed by atoms with Crippen LogP contribution in [0.15, 0.2) is 102 Å². The second kappa shape index (κ2) is 14.0. The molecule has 1 N–H and O–H groups in total. The maximum atomic E-state index is 14.5. The number of anilines is 1. The van der Waals surface area contributed by atoms with E-state index in [0.717, 1.165) is 22.0 Å². The van der Waals surface area contributed by atoms with Gasteiger partial charge in [-0.3, -0.25) is 14.4 Å². The summed E-state index contributed by atoms with van der Waals surface area (Å²) >= 11 is 0. The van der Waals surface area contributed by atoms with Crippen LogP contribution < -0.4 is 10.5 Å². The van der Waals surface area contributed by atoms with Gasteiger partial charge in [-0.25, -0.2) is 22.2 Å². The predicted molar refractivity (Wildman–Crippen MR) is 173 cm³/mol. The Labute approximate surface area is 277 Å². The van der Waals surface area contributed by atoms with E-state index in [1.165, 1.54) is 29.3 Å². The minimum absolute atomic E-state index is 0.0860. The Morgan fingerprint density at radius 3 is 2.16 bits per heavy atom. The van der Waals surface area contributed by atoms with Gasteiger partial charge in [-0.15, -0.1) is 0 Å². The summed E-state index contributed by atoms with van der Waals surface area (Å²) in [6.45, 7) is 1.00. The lowest BCUT2D eigenvalue weighted by atomic mass is 10.0. The molecule has 1 aliphatic heterocycles. The summed E-state index contributed by atoms with van der Waals surface area (Å²) in [6.07, 6.45) is 4.89. The molecule has 250 valence electrons. The van der Waals surface area contributed by atoms with Crippen LogP contribution in [0.5, 0.6) is 0 Å². The summed E-state index contributed by atoms with van der Waals surface area (Å²) in [5.74, 6) is -6.91. The zero-order valence-electron chi connectivity index (χ0n) is 25.9. The monoisotopic (exact) mass is 671 g/mol. The molecule has 5 aromatic rings. The van der Waals surface area contributed by atoms with E-state index in [0.29, 0.717) is 31.3 Å². The molecule has 0 bridgehead atoms. The second-order valence-corrected chi connectivity index (χ2v) is 11.5. The Bertz CT molecular complexity index is 2080. The van der Waals surface area contributed by atoms with Crippen molar-refractivity contribution in [3.8, 4) is 5.69 Å². The number of nitrogens with zero attached hydrogens (tertiary/aromatic N) is 5. The van der Waals surface area contributed by atoms with Crippen molar-refractivity contribution in [1.82, 2.24) is 19.2 Å². The standard InChI is InChI=1S/C36H29F4N5O4/c37-25-18-31(39)28(32(40)19-25)16-23-17-29(35(48)44(21-23)22-24-4-1-2-5-30(24)38)33(46)20-34(47)36(49)43-14-12-42(13-15-43)26-6-8-27(9-7-26)45-11-3-10-41-45/h1-11,17-21,46H,12-16,22H2/b33-20+. The van der Waals surface area contributed by atoms with Crippen LogP contribution in [0.4, 0.5) is 23.2 Å². The molecule has 0 radical (unpaired) electrons. The summed E-state index contributed by atoms with van der Waals surface area (Å²) in [5.41, 5.74) is 0.191. The third-order valence-corrected chi connectivity index (χ3v) is 8.23. The van der Waals surface area contributed by atoms with Crippen molar-refractivity contribution >= 4 is 23.1 Å². The molecule has 3 aromatic carbocycles. The smallest absolute Gasteiger partial charge is 0.294 e. The number of carbonyl (C=O) groups is 2. The van der Waals surface area contributed by atoms with Gasteiger partial charge in [-0.1, -0.05) is 18.2 Å². The Kier molecular flexibility index (Phi) is 9.42.